The molecule has 1 aliphatic heterocycles. The average molecular weight is 432 g/mol. The van der Waals surface area contributed by atoms with E-state index >= 15 is 0 Å². The van der Waals surface area contributed by atoms with E-state index in [1.165, 1.54) is 25.3 Å². The molecule has 2 aromatic carbocycles. The molecule has 1 aliphatic rings. The van der Waals surface area contributed by atoms with Gasteiger partial charge >= 0.3 is 5.97 Å². The summed E-state index contributed by atoms with van der Waals surface area (Å²) in [6, 6.07) is 16.5. The fourth-order valence-electron chi connectivity index (χ4n) is 3.57. The molecule has 0 radical (unpaired) electrons. The second kappa shape index (κ2) is 8.84. The number of carbonyl (C=O) groups excluding carboxylic acids is 3. The van der Waals surface area contributed by atoms with E-state index in [0.29, 0.717) is 6.54 Å². The van der Waals surface area contributed by atoms with Gasteiger partial charge in [0.2, 0.25) is 5.91 Å². The van der Waals surface area contributed by atoms with Crippen LogP contribution >= 0.6 is 0 Å². The first kappa shape index (κ1) is 21.0. The van der Waals surface area contributed by atoms with Crippen LogP contribution in [0.2, 0.25) is 0 Å². The SMILES string of the molecule is COC(=O)c1ccccc1NC(=O)Cn1nc(C(=O)N2CCc3ccccc32)ccc1=O. The van der Waals surface area contributed by atoms with Crippen LogP contribution in [0.3, 0.4) is 0 Å². The van der Waals surface area contributed by atoms with Crippen LogP contribution in [0.4, 0.5) is 11.4 Å². The van der Waals surface area contributed by atoms with Gasteiger partial charge in [-0.15, -0.1) is 0 Å². The molecule has 2 amide bonds. The summed E-state index contributed by atoms with van der Waals surface area (Å²) in [6.45, 7) is 0.0931. The molecule has 0 spiro atoms. The van der Waals surface area contributed by atoms with Gasteiger partial charge in [-0.25, -0.2) is 9.48 Å². The fourth-order valence-corrected chi connectivity index (χ4v) is 3.57. The second-order valence-electron chi connectivity index (χ2n) is 7.14. The highest BCUT2D eigenvalue weighted by Gasteiger charge is 2.26. The Bertz CT molecular complexity index is 1270. The number of anilines is 2. The smallest absolute Gasteiger partial charge is 0.339 e. The summed E-state index contributed by atoms with van der Waals surface area (Å²) in [5, 5.41) is 6.69. The van der Waals surface area contributed by atoms with Crippen molar-refractivity contribution in [3.05, 3.63) is 87.8 Å². The van der Waals surface area contributed by atoms with Gasteiger partial charge in [0.05, 0.1) is 18.4 Å². The van der Waals surface area contributed by atoms with Gasteiger partial charge in [0.1, 0.15) is 12.2 Å². The molecule has 1 N–H and O–H groups in total. The predicted octanol–water partition coefficient (Wildman–Crippen LogP) is 1.87. The zero-order valence-corrected chi connectivity index (χ0v) is 17.3. The Hall–Kier alpha value is -4.27. The first-order valence-corrected chi connectivity index (χ1v) is 9.93. The number of aromatic nitrogens is 2. The van der Waals surface area contributed by atoms with Crippen molar-refractivity contribution in [1.82, 2.24) is 9.78 Å². The van der Waals surface area contributed by atoms with Gasteiger partial charge in [0.25, 0.3) is 11.5 Å². The minimum Gasteiger partial charge on any atom is -0.465 e. The maximum Gasteiger partial charge on any atom is 0.339 e. The van der Waals surface area contributed by atoms with E-state index in [2.05, 4.69) is 10.4 Å². The number of nitrogens with one attached hydrogen (secondary N) is 1. The molecule has 9 heteroatoms. The van der Waals surface area contributed by atoms with Crippen molar-refractivity contribution in [3.63, 3.8) is 0 Å². The van der Waals surface area contributed by atoms with Crippen molar-refractivity contribution < 1.29 is 19.1 Å². The first-order valence-electron chi connectivity index (χ1n) is 9.93. The third-order valence-corrected chi connectivity index (χ3v) is 5.12. The summed E-state index contributed by atoms with van der Waals surface area (Å²) < 4.78 is 5.63. The van der Waals surface area contributed by atoms with E-state index < -0.39 is 24.0 Å². The average Bonchev–Trinajstić information content (AvgIpc) is 3.24. The first-order chi connectivity index (χ1) is 15.5. The molecule has 162 valence electrons. The second-order valence-corrected chi connectivity index (χ2v) is 7.14. The maximum absolute atomic E-state index is 13.0. The molecular weight excluding hydrogens is 412 g/mol. The summed E-state index contributed by atoms with van der Waals surface area (Å²) in [5.41, 5.74) is 1.84. The van der Waals surface area contributed by atoms with Gasteiger partial charge < -0.3 is 15.0 Å². The molecule has 0 saturated carbocycles. The molecular formula is C23H20N4O5. The normalized spacial score (nSPS) is 12.2. The third-order valence-electron chi connectivity index (χ3n) is 5.12. The molecule has 4 rings (SSSR count). The molecule has 0 bridgehead atoms. The largest absolute Gasteiger partial charge is 0.465 e. The number of carbonyl (C=O) groups is 3. The number of nitrogens with zero attached hydrogens (tertiary/aromatic N) is 3. The number of para-hydroxylation sites is 2. The molecule has 32 heavy (non-hydrogen) atoms. The number of rotatable bonds is 5. The number of hydrogen-bond donors (Lipinski definition) is 1. The number of methoxy groups -OCH3 is 1. The van der Waals surface area contributed by atoms with Crippen molar-refractivity contribution in [3.8, 4) is 0 Å². The standard InChI is InChI=1S/C23H20N4O5/c1-32-23(31)16-7-3-4-8-17(16)24-20(28)14-27-21(29)11-10-18(25-27)22(30)26-13-12-15-6-2-5-9-19(15)26/h2-11H,12-14H2,1H3,(H,24,28). The quantitative estimate of drug-likeness (QED) is 0.617. The summed E-state index contributed by atoms with van der Waals surface area (Å²) >= 11 is 0. The molecule has 0 fully saturated rings. The summed E-state index contributed by atoms with van der Waals surface area (Å²) in [6.07, 6.45) is 0.740. The molecule has 0 atom stereocenters. The Morgan fingerprint density at radius 1 is 1.03 bits per heavy atom. The van der Waals surface area contributed by atoms with E-state index in [-0.39, 0.29) is 22.9 Å². The van der Waals surface area contributed by atoms with E-state index in [9.17, 15) is 19.2 Å². The van der Waals surface area contributed by atoms with Crippen molar-refractivity contribution in [2.45, 2.75) is 13.0 Å². The number of esters is 1. The molecule has 3 aromatic rings. The van der Waals surface area contributed by atoms with E-state index in [0.717, 1.165) is 22.4 Å². The third kappa shape index (κ3) is 4.13. The maximum atomic E-state index is 13.0. The molecule has 0 saturated heterocycles. The number of amides is 2. The highest BCUT2D eigenvalue weighted by Crippen LogP contribution is 2.28. The van der Waals surface area contributed by atoms with Crippen molar-refractivity contribution in [2.24, 2.45) is 0 Å². The highest BCUT2D eigenvalue weighted by atomic mass is 16.5. The lowest BCUT2D eigenvalue weighted by atomic mass is 10.2. The van der Waals surface area contributed by atoms with Gasteiger partial charge in [-0.05, 0) is 36.2 Å². The van der Waals surface area contributed by atoms with Gasteiger partial charge in [-0.2, -0.15) is 5.10 Å². The zero-order valence-electron chi connectivity index (χ0n) is 17.3. The van der Waals surface area contributed by atoms with Gasteiger partial charge in [-0.1, -0.05) is 30.3 Å². The predicted molar refractivity (Wildman–Crippen MR) is 117 cm³/mol. The van der Waals surface area contributed by atoms with Crippen LogP contribution in [0.1, 0.15) is 26.4 Å². The van der Waals surface area contributed by atoms with Crippen molar-refractivity contribution >= 4 is 29.2 Å². The molecule has 2 heterocycles. The molecule has 0 aliphatic carbocycles. The summed E-state index contributed by atoms with van der Waals surface area (Å²) in [5.74, 6) is -1.53. The van der Waals surface area contributed by atoms with Gasteiger partial charge in [0.15, 0.2) is 0 Å². The monoisotopic (exact) mass is 432 g/mol. The molecule has 0 unspecified atom stereocenters. The van der Waals surface area contributed by atoms with E-state index in [4.69, 9.17) is 4.74 Å². The van der Waals surface area contributed by atoms with Gasteiger partial charge in [-0.3, -0.25) is 14.4 Å². The fraction of sp³-hybridized carbons (Fsp3) is 0.174. The van der Waals surface area contributed by atoms with Crippen LogP contribution < -0.4 is 15.8 Å². The van der Waals surface area contributed by atoms with Gasteiger partial charge in [0, 0.05) is 18.3 Å². The lowest BCUT2D eigenvalue weighted by Crippen LogP contribution is -2.34. The summed E-state index contributed by atoms with van der Waals surface area (Å²) in [7, 11) is 1.24. The van der Waals surface area contributed by atoms with Crippen LogP contribution in [-0.4, -0.2) is 41.2 Å². The van der Waals surface area contributed by atoms with E-state index in [1.807, 2.05) is 24.3 Å². The number of ether oxygens (including phenoxy) is 1. The van der Waals surface area contributed by atoms with E-state index in [1.54, 1.807) is 23.1 Å². The van der Waals surface area contributed by atoms with Crippen molar-refractivity contribution in [1.29, 1.82) is 0 Å². The van der Waals surface area contributed by atoms with Crippen LogP contribution in [0.5, 0.6) is 0 Å². The molecule has 9 nitrogen and oxygen atoms in total. The lowest BCUT2D eigenvalue weighted by Gasteiger charge is -2.17. The number of benzene rings is 2. The zero-order chi connectivity index (χ0) is 22.7. The molecule has 1 aromatic heterocycles. The Kier molecular flexibility index (Phi) is 5.80. The Morgan fingerprint density at radius 3 is 2.59 bits per heavy atom. The Labute approximate surface area is 183 Å². The van der Waals surface area contributed by atoms with Crippen LogP contribution in [0.25, 0.3) is 0 Å². The Morgan fingerprint density at radius 2 is 1.78 bits per heavy atom. The highest BCUT2D eigenvalue weighted by molar-refractivity contribution is 6.06. The number of hydrogen-bond acceptors (Lipinski definition) is 6. The number of fused-ring (bicyclic) bond motifs is 1. The van der Waals surface area contributed by atoms with Crippen LogP contribution in [-0.2, 0) is 22.5 Å². The van der Waals surface area contributed by atoms with Crippen LogP contribution in [0.15, 0.2) is 65.5 Å². The minimum atomic E-state index is -0.602. The summed E-state index contributed by atoms with van der Waals surface area (Å²) in [4.78, 5) is 51.3. The minimum absolute atomic E-state index is 0.0593. The van der Waals surface area contributed by atoms with Crippen molar-refractivity contribution in [2.75, 3.05) is 23.9 Å². The van der Waals surface area contributed by atoms with Crippen LogP contribution in [0, 0.1) is 0 Å². The topological polar surface area (TPSA) is 111 Å². The lowest BCUT2D eigenvalue weighted by molar-refractivity contribution is -0.117. The Balaban J connectivity index is 1.53.